The van der Waals surface area contributed by atoms with Gasteiger partial charge in [-0.2, -0.15) is 0 Å². The van der Waals surface area contributed by atoms with Gasteiger partial charge in [-0.3, -0.25) is 10.1 Å². The molecular weight excluding hydrogens is 314 g/mol. The normalized spacial score (nSPS) is 10.8. The van der Waals surface area contributed by atoms with E-state index in [4.69, 9.17) is 16.0 Å². The van der Waals surface area contributed by atoms with Crippen molar-refractivity contribution in [2.75, 3.05) is 5.32 Å². The maximum absolute atomic E-state index is 12.1. The van der Waals surface area contributed by atoms with Gasteiger partial charge in [-0.1, -0.05) is 22.9 Å². The number of amides is 1. The summed E-state index contributed by atoms with van der Waals surface area (Å²) in [6.45, 7) is 1.76. The Labute approximate surface area is 127 Å². The third-order valence-corrected chi connectivity index (χ3v) is 3.67. The monoisotopic (exact) mass is 321 g/mol. The summed E-state index contributed by atoms with van der Waals surface area (Å²) in [4.78, 5) is 24.0. The van der Waals surface area contributed by atoms with Gasteiger partial charge < -0.3 is 4.42 Å². The number of anilines is 1. The van der Waals surface area contributed by atoms with Crippen LogP contribution in [0, 0.1) is 6.92 Å². The first kappa shape index (κ1) is 13.7. The van der Waals surface area contributed by atoms with Crippen LogP contribution in [-0.4, -0.2) is 16.1 Å². The first-order chi connectivity index (χ1) is 10.0. The lowest BCUT2D eigenvalue weighted by Gasteiger charge is -2.02. The van der Waals surface area contributed by atoms with Crippen molar-refractivity contribution in [2.24, 2.45) is 0 Å². The molecule has 0 radical (unpaired) electrons. The highest BCUT2D eigenvalue weighted by atomic mass is 35.5. The molecule has 8 heteroatoms. The fraction of sp³-hybridized carbons (Fsp3) is 0.0769. The number of carbonyl (C=O) groups is 1. The van der Waals surface area contributed by atoms with Gasteiger partial charge in [0.2, 0.25) is 5.13 Å². The van der Waals surface area contributed by atoms with E-state index in [9.17, 15) is 9.59 Å². The van der Waals surface area contributed by atoms with Crippen molar-refractivity contribution in [1.82, 2.24) is 10.2 Å². The molecule has 2 heterocycles. The average Bonchev–Trinajstić information content (AvgIpc) is 2.83. The van der Waals surface area contributed by atoms with Crippen molar-refractivity contribution in [1.29, 1.82) is 0 Å². The van der Waals surface area contributed by atoms with Crippen LogP contribution in [0.2, 0.25) is 5.02 Å². The van der Waals surface area contributed by atoms with Gasteiger partial charge in [-0.15, -0.1) is 10.2 Å². The number of benzene rings is 1. The van der Waals surface area contributed by atoms with Crippen LogP contribution in [0.4, 0.5) is 5.13 Å². The molecule has 0 bridgehead atoms. The van der Waals surface area contributed by atoms with Crippen molar-refractivity contribution in [3.63, 3.8) is 0 Å². The van der Waals surface area contributed by atoms with Crippen molar-refractivity contribution in [2.45, 2.75) is 6.92 Å². The van der Waals surface area contributed by atoms with Gasteiger partial charge in [0.1, 0.15) is 16.2 Å². The number of carbonyl (C=O) groups excluding carboxylic acids is 1. The van der Waals surface area contributed by atoms with Gasteiger partial charge in [0, 0.05) is 10.4 Å². The molecule has 0 saturated heterocycles. The van der Waals surface area contributed by atoms with Crippen LogP contribution in [0.5, 0.6) is 0 Å². The van der Waals surface area contributed by atoms with Crippen LogP contribution in [0.1, 0.15) is 15.4 Å². The molecule has 1 N–H and O–H groups in total. The summed E-state index contributed by atoms with van der Waals surface area (Å²) in [6, 6.07) is 6.24. The zero-order valence-electron chi connectivity index (χ0n) is 10.7. The number of nitrogens with zero attached hydrogens (tertiary/aromatic N) is 2. The molecule has 0 unspecified atom stereocenters. The highest BCUT2D eigenvalue weighted by molar-refractivity contribution is 7.15. The van der Waals surface area contributed by atoms with Crippen LogP contribution >= 0.6 is 22.9 Å². The van der Waals surface area contributed by atoms with E-state index in [2.05, 4.69) is 15.5 Å². The average molecular weight is 322 g/mol. The van der Waals surface area contributed by atoms with Crippen LogP contribution in [0.3, 0.4) is 0 Å². The van der Waals surface area contributed by atoms with E-state index < -0.39 is 11.5 Å². The van der Waals surface area contributed by atoms with Crippen LogP contribution < -0.4 is 10.9 Å². The minimum Gasteiger partial charge on any atom is -0.422 e. The molecule has 2 aromatic heterocycles. The predicted molar refractivity (Wildman–Crippen MR) is 80.1 cm³/mol. The van der Waals surface area contributed by atoms with Crippen molar-refractivity contribution < 1.29 is 9.21 Å². The minimum absolute atomic E-state index is 0.113. The molecule has 106 valence electrons. The second-order valence-electron chi connectivity index (χ2n) is 4.21. The summed E-state index contributed by atoms with van der Waals surface area (Å²) in [5.41, 5.74) is -0.464. The number of hydrogen-bond acceptors (Lipinski definition) is 6. The van der Waals surface area contributed by atoms with E-state index in [-0.39, 0.29) is 5.56 Å². The second kappa shape index (κ2) is 5.27. The molecule has 3 aromatic rings. The molecule has 21 heavy (non-hydrogen) atoms. The van der Waals surface area contributed by atoms with Gasteiger partial charge >= 0.3 is 5.63 Å². The molecule has 3 rings (SSSR count). The molecule has 0 spiro atoms. The lowest BCUT2D eigenvalue weighted by Crippen LogP contribution is -2.20. The van der Waals surface area contributed by atoms with Gasteiger partial charge in [-0.25, -0.2) is 4.79 Å². The number of fused-ring (bicyclic) bond motifs is 1. The summed E-state index contributed by atoms with van der Waals surface area (Å²) < 4.78 is 5.10. The van der Waals surface area contributed by atoms with Crippen LogP contribution in [0.25, 0.3) is 11.0 Å². The molecule has 0 aliphatic rings. The third kappa shape index (κ3) is 2.79. The fourth-order valence-corrected chi connectivity index (χ4v) is 2.53. The lowest BCUT2D eigenvalue weighted by molar-refractivity contribution is 0.102. The summed E-state index contributed by atoms with van der Waals surface area (Å²) in [5.74, 6) is -0.596. The zero-order valence-corrected chi connectivity index (χ0v) is 12.3. The van der Waals surface area contributed by atoms with Gasteiger partial charge in [-0.05, 0) is 31.2 Å². The summed E-state index contributed by atoms with van der Waals surface area (Å²) in [5, 5.41) is 12.2. The Hall–Kier alpha value is -2.25. The Balaban J connectivity index is 2.00. The zero-order chi connectivity index (χ0) is 15.0. The number of aromatic nitrogens is 2. The number of aryl methyl sites for hydroxylation is 1. The maximum atomic E-state index is 12.1. The Morgan fingerprint density at radius 1 is 1.33 bits per heavy atom. The minimum atomic E-state index is -0.719. The van der Waals surface area contributed by atoms with Crippen molar-refractivity contribution in [3.8, 4) is 0 Å². The molecule has 0 atom stereocenters. The van der Waals surface area contributed by atoms with Gasteiger partial charge in [0.05, 0.1) is 0 Å². The van der Waals surface area contributed by atoms with E-state index in [0.717, 1.165) is 0 Å². The lowest BCUT2D eigenvalue weighted by atomic mass is 10.2. The molecule has 0 aliphatic carbocycles. The molecular formula is C13H8ClN3O3S. The fourth-order valence-electron chi connectivity index (χ4n) is 1.76. The topological polar surface area (TPSA) is 85.1 Å². The van der Waals surface area contributed by atoms with Gasteiger partial charge in [0.15, 0.2) is 0 Å². The van der Waals surface area contributed by atoms with Crippen LogP contribution in [0.15, 0.2) is 33.5 Å². The summed E-state index contributed by atoms with van der Waals surface area (Å²) in [6.07, 6.45) is 0. The van der Waals surface area contributed by atoms with E-state index in [0.29, 0.717) is 26.1 Å². The second-order valence-corrected chi connectivity index (χ2v) is 5.83. The van der Waals surface area contributed by atoms with E-state index in [1.807, 2.05) is 0 Å². The molecule has 0 aliphatic heterocycles. The Kier molecular flexibility index (Phi) is 3.44. The standard InChI is InChI=1S/C13H8ClN3O3S/c1-6-16-17-13(21-6)15-11(18)9-5-7-4-8(14)2-3-10(7)20-12(9)19/h2-5H,1H3,(H,15,17,18). The molecule has 1 aromatic carbocycles. The van der Waals surface area contributed by atoms with Gasteiger partial charge in [0.25, 0.3) is 5.91 Å². The third-order valence-electron chi connectivity index (χ3n) is 2.69. The Morgan fingerprint density at radius 3 is 2.86 bits per heavy atom. The predicted octanol–water partition coefficient (Wildman–Crippen LogP) is 2.86. The number of nitrogens with one attached hydrogen (secondary N) is 1. The molecule has 0 fully saturated rings. The van der Waals surface area contributed by atoms with Crippen molar-refractivity contribution >= 4 is 44.9 Å². The summed E-state index contributed by atoms with van der Waals surface area (Å²) in [7, 11) is 0. The molecule has 0 saturated carbocycles. The highest BCUT2D eigenvalue weighted by Gasteiger charge is 2.15. The SMILES string of the molecule is Cc1nnc(NC(=O)c2cc3cc(Cl)ccc3oc2=O)s1. The number of rotatable bonds is 2. The number of hydrogen-bond donors (Lipinski definition) is 1. The summed E-state index contributed by atoms with van der Waals surface area (Å²) >= 11 is 7.10. The van der Waals surface area contributed by atoms with Crippen LogP contribution in [-0.2, 0) is 0 Å². The first-order valence-electron chi connectivity index (χ1n) is 5.88. The maximum Gasteiger partial charge on any atom is 0.349 e. The van der Waals surface area contributed by atoms with E-state index in [1.165, 1.54) is 17.4 Å². The highest BCUT2D eigenvalue weighted by Crippen LogP contribution is 2.20. The van der Waals surface area contributed by atoms with E-state index >= 15 is 0 Å². The largest absolute Gasteiger partial charge is 0.422 e. The smallest absolute Gasteiger partial charge is 0.349 e. The number of halogens is 1. The molecule has 1 amide bonds. The van der Waals surface area contributed by atoms with E-state index in [1.54, 1.807) is 25.1 Å². The molecule has 6 nitrogen and oxygen atoms in total. The Morgan fingerprint density at radius 2 is 2.14 bits per heavy atom. The Bertz CT molecular complexity index is 903. The van der Waals surface area contributed by atoms with Crippen molar-refractivity contribution in [3.05, 3.63) is 50.3 Å². The quantitative estimate of drug-likeness (QED) is 0.733. The first-order valence-corrected chi connectivity index (χ1v) is 7.07.